The van der Waals surface area contributed by atoms with E-state index >= 15 is 0 Å². The lowest BCUT2D eigenvalue weighted by molar-refractivity contribution is 0.296. The third-order valence-electron chi connectivity index (χ3n) is 2.92. The van der Waals surface area contributed by atoms with Crippen molar-refractivity contribution in [1.82, 2.24) is 9.13 Å². The van der Waals surface area contributed by atoms with E-state index in [-0.39, 0.29) is 5.69 Å². The van der Waals surface area contributed by atoms with Gasteiger partial charge in [0.15, 0.2) is 0 Å². The van der Waals surface area contributed by atoms with Crippen molar-refractivity contribution < 1.29 is 4.74 Å². The predicted molar refractivity (Wildman–Crippen MR) is 82.1 cm³/mol. The Bertz CT molecular complexity index is 643. The van der Waals surface area contributed by atoms with Gasteiger partial charge in [0.1, 0.15) is 12.4 Å². The molecule has 6 heteroatoms. The Morgan fingerprint density at radius 3 is 2.55 bits per heavy atom. The topological polar surface area (TPSA) is 62.2 Å². The number of thiocarbonyl (C=S) groups is 1. The van der Waals surface area contributed by atoms with Gasteiger partial charge in [0.25, 0.3) is 0 Å². The highest BCUT2D eigenvalue weighted by Crippen LogP contribution is 2.12. The largest absolute Gasteiger partial charge is 0.492 e. The molecule has 0 fully saturated rings. The number of hydrogen-bond acceptors (Lipinski definition) is 3. The van der Waals surface area contributed by atoms with Gasteiger partial charge in [-0.15, -0.1) is 0 Å². The Hall–Kier alpha value is -2.08. The van der Waals surface area contributed by atoms with Gasteiger partial charge in [-0.05, 0) is 17.7 Å². The molecule has 0 radical (unpaired) electrons. The van der Waals surface area contributed by atoms with Gasteiger partial charge in [0.2, 0.25) is 0 Å². The van der Waals surface area contributed by atoms with Crippen LogP contribution in [0.15, 0.2) is 41.5 Å². The monoisotopic (exact) mass is 291 g/mol. The molecular weight excluding hydrogens is 274 g/mol. The van der Waals surface area contributed by atoms with Gasteiger partial charge < -0.3 is 15.0 Å². The van der Waals surface area contributed by atoms with Gasteiger partial charge in [-0.1, -0.05) is 24.4 Å². The number of nitrogens with two attached hydrogens (primary N) is 1. The first-order valence-corrected chi connectivity index (χ1v) is 6.69. The normalized spacial score (nSPS) is 10.4. The molecule has 2 N–H and O–H groups in total. The minimum Gasteiger partial charge on any atom is -0.492 e. The van der Waals surface area contributed by atoms with Crippen LogP contribution < -0.4 is 16.2 Å². The highest BCUT2D eigenvalue weighted by molar-refractivity contribution is 7.80. The van der Waals surface area contributed by atoms with Gasteiger partial charge in [-0.2, -0.15) is 0 Å². The Labute approximate surface area is 122 Å². The lowest BCUT2D eigenvalue weighted by Crippen LogP contribution is -2.24. The fourth-order valence-electron chi connectivity index (χ4n) is 1.85. The third kappa shape index (κ3) is 3.71. The van der Waals surface area contributed by atoms with E-state index in [1.54, 1.807) is 24.0 Å². The third-order valence-corrected chi connectivity index (χ3v) is 3.06. The lowest BCUT2D eigenvalue weighted by atomic mass is 10.1. The van der Waals surface area contributed by atoms with E-state index in [0.717, 1.165) is 11.3 Å². The second-order valence-corrected chi connectivity index (χ2v) is 5.04. The Morgan fingerprint density at radius 1 is 1.30 bits per heavy atom. The van der Waals surface area contributed by atoms with Crippen molar-refractivity contribution in [3.05, 3.63) is 52.7 Å². The zero-order valence-electron chi connectivity index (χ0n) is 11.3. The molecule has 106 valence electrons. The molecule has 0 atom stereocenters. The molecule has 1 heterocycles. The molecule has 0 aliphatic heterocycles. The number of benzene rings is 1. The summed E-state index contributed by atoms with van der Waals surface area (Å²) in [6.45, 7) is 0.965. The first kappa shape index (κ1) is 14.3. The van der Waals surface area contributed by atoms with Gasteiger partial charge in [0.05, 0.1) is 11.5 Å². The molecule has 1 aromatic heterocycles. The number of nitrogens with zero attached hydrogens (tertiary/aromatic N) is 2. The van der Waals surface area contributed by atoms with Crippen molar-refractivity contribution in [3.63, 3.8) is 0 Å². The maximum absolute atomic E-state index is 11.6. The van der Waals surface area contributed by atoms with Gasteiger partial charge in [0, 0.05) is 25.9 Å². The summed E-state index contributed by atoms with van der Waals surface area (Å²) in [5.74, 6) is 0.765. The number of aromatic nitrogens is 2. The summed E-state index contributed by atoms with van der Waals surface area (Å²) in [6.07, 6.45) is 4.07. The number of rotatable bonds is 6. The standard InChI is InChI=1S/C14H17N3O2S/c1-16-6-7-17(14(16)18)8-9-19-12-4-2-11(3-5-12)10-13(15)20/h2-7H,8-10H2,1H3,(H2,15,20). The average molecular weight is 291 g/mol. The maximum Gasteiger partial charge on any atom is 0.327 e. The molecule has 0 aliphatic rings. The number of hydrogen-bond donors (Lipinski definition) is 1. The van der Waals surface area contributed by atoms with Crippen molar-refractivity contribution >= 4 is 17.2 Å². The first-order chi connectivity index (χ1) is 9.56. The summed E-state index contributed by atoms with van der Waals surface area (Å²) in [7, 11) is 1.72. The van der Waals surface area contributed by atoms with Crippen LogP contribution in [0.2, 0.25) is 0 Å². The van der Waals surface area contributed by atoms with Gasteiger partial charge >= 0.3 is 5.69 Å². The Balaban J connectivity index is 1.86. The van der Waals surface area contributed by atoms with Crippen LogP contribution in [0.3, 0.4) is 0 Å². The molecule has 5 nitrogen and oxygen atoms in total. The second kappa shape index (κ2) is 6.38. The van der Waals surface area contributed by atoms with Gasteiger partial charge in [-0.25, -0.2) is 4.79 Å². The fourth-order valence-corrected chi connectivity index (χ4v) is 2.01. The van der Waals surface area contributed by atoms with Crippen molar-refractivity contribution in [2.45, 2.75) is 13.0 Å². The van der Waals surface area contributed by atoms with Crippen molar-refractivity contribution in [2.24, 2.45) is 12.8 Å². The molecule has 0 spiro atoms. The second-order valence-electron chi connectivity index (χ2n) is 4.52. The molecule has 20 heavy (non-hydrogen) atoms. The summed E-state index contributed by atoms with van der Waals surface area (Å²) in [5, 5.41) is 0. The number of aryl methyl sites for hydroxylation is 1. The molecule has 1 aromatic carbocycles. The van der Waals surface area contributed by atoms with Crippen molar-refractivity contribution in [1.29, 1.82) is 0 Å². The SMILES string of the molecule is Cn1ccn(CCOc2ccc(CC(N)=S)cc2)c1=O. The van der Waals surface area contributed by atoms with Crippen LogP contribution in [-0.2, 0) is 20.0 Å². The maximum atomic E-state index is 11.6. The van der Waals surface area contributed by atoms with E-state index in [0.29, 0.717) is 24.6 Å². The summed E-state index contributed by atoms with van der Waals surface area (Å²) in [6, 6.07) is 7.62. The fraction of sp³-hybridized carbons (Fsp3) is 0.286. The van der Waals surface area contributed by atoms with E-state index in [9.17, 15) is 4.79 Å². The molecule has 0 saturated carbocycles. The smallest absolute Gasteiger partial charge is 0.327 e. The zero-order chi connectivity index (χ0) is 14.5. The van der Waals surface area contributed by atoms with Gasteiger partial charge in [-0.3, -0.25) is 4.57 Å². The number of ether oxygens (including phenoxy) is 1. The van der Waals surface area contributed by atoms with Crippen molar-refractivity contribution in [2.75, 3.05) is 6.61 Å². The van der Waals surface area contributed by atoms with E-state index in [1.165, 1.54) is 4.57 Å². The summed E-state index contributed by atoms with van der Waals surface area (Å²) < 4.78 is 8.75. The summed E-state index contributed by atoms with van der Waals surface area (Å²) in [5.41, 5.74) is 6.51. The van der Waals surface area contributed by atoms with Crippen LogP contribution in [0.1, 0.15) is 5.56 Å². The predicted octanol–water partition coefficient (Wildman–Crippen LogP) is 1.09. The quantitative estimate of drug-likeness (QED) is 0.810. The molecule has 0 aliphatic carbocycles. The summed E-state index contributed by atoms with van der Waals surface area (Å²) in [4.78, 5) is 12.1. The van der Waals surface area contributed by atoms with Crippen LogP contribution in [0.4, 0.5) is 0 Å². The minimum atomic E-state index is -0.0413. The molecule has 0 unspecified atom stereocenters. The van der Waals surface area contributed by atoms with E-state index in [2.05, 4.69) is 0 Å². The molecule has 0 saturated heterocycles. The summed E-state index contributed by atoms with van der Waals surface area (Å²) >= 11 is 4.86. The minimum absolute atomic E-state index is 0.0413. The van der Waals surface area contributed by atoms with E-state index in [4.69, 9.17) is 22.7 Å². The van der Waals surface area contributed by atoms with E-state index in [1.807, 2.05) is 24.3 Å². The molecule has 2 rings (SSSR count). The van der Waals surface area contributed by atoms with Crippen molar-refractivity contribution in [3.8, 4) is 5.75 Å². The van der Waals surface area contributed by atoms with Crippen LogP contribution in [0.25, 0.3) is 0 Å². The lowest BCUT2D eigenvalue weighted by Gasteiger charge is -2.07. The molecular formula is C14H17N3O2S. The molecule has 0 amide bonds. The number of imidazole rings is 1. The van der Waals surface area contributed by atoms with Crippen LogP contribution in [0, 0.1) is 0 Å². The highest BCUT2D eigenvalue weighted by Gasteiger charge is 2.01. The molecule has 2 aromatic rings. The van der Waals surface area contributed by atoms with Crippen LogP contribution >= 0.6 is 12.2 Å². The van der Waals surface area contributed by atoms with Crippen LogP contribution in [-0.4, -0.2) is 20.7 Å². The van der Waals surface area contributed by atoms with E-state index < -0.39 is 0 Å². The van der Waals surface area contributed by atoms with Crippen LogP contribution in [0.5, 0.6) is 5.75 Å². The molecule has 0 bridgehead atoms. The zero-order valence-corrected chi connectivity index (χ0v) is 12.1. The Morgan fingerprint density at radius 2 is 2.00 bits per heavy atom. The highest BCUT2D eigenvalue weighted by atomic mass is 32.1. The average Bonchev–Trinajstić information content (AvgIpc) is 2.72. The first-order valence-electron chi connectivity index (χ1n) is 6.28. The Kier molecular flexibility index (Phi) is 4.57.